The van der Waals surface area contributed by atoms with Gasteiger partial charge in [0.1, 0.15) is 6.10 Å². The van der Waals surface area contributed by atoms with Crippen LogP contribution in [0.3, 0.4) is 0 Å². The van der Waals surface area contributed by atoms with Crippen LogP contribution in [-0.4, -0.2) is 49.9 Å². The van der Waals surface area contributed by atoms with Gasteiger partial charge in [0, 0.05) is 19.6 Å². The molecule has 0 bridgehead atoms. The van der Waals surface area contributed by atoms with Crippen molar-refractivity contribution in [1.29, 1.82) is 0 Å². The summed E-state index contributed by atoms with van der Waals surface area (Å²) in [6.07, 6.45) is 63.6. The highest BCUT2D eigenvalue weighted by Gasteiger charge is 2.25. The van der Waals surface area contributed by atoms with E-state index >= 15 is 0 Å². The molecule has 0 rings (SSSR count). The van der Waals surface area contributed by atoms with Gasteiger partial charge in [-0.25, -0.2) is 4.57 Å². The van der Waals surface area contributed by atoms with Crippen molar-refractivity contribution in [2.75, 3.05) is 33.0 Å². The summed E-state index contributed by atoms with van der Waals surface area (Å²) in [7, 11) is -4.29. The summed E-state index contributed by atoms with van der Waals surface area (Å²) in [5.74, 6) is -0.337. The standard InChI is InChI=1S/C53H96NO7P/c1-3-5-7-9-11-13-15-17-19-21-22-23-24-25-26-27-28-29-31-33-35-37-39-41-43-45-48-58-50-52(51-60-62(56,57)59-49-47-54)61-53(55)46-44-42-40-38-36-34-32-30-20-18-16-14-12-10-8-6-4-2/h5,7,11,13,17-20,22-23,25-26,52H,3-4,6,8-10,12,14-16,21,24,27-51,54H2,1-2H3,(H,56,57)/b7-5-,13-11-,19-17-,20-18-,23-22-,26-25-. The van der Waals surface area contributed by atoms with Gasteiger partial charge in [0.05, 0.1) is 19.8 Å². The van der Waals surface area contributed by atoms with Crippen molar-refractivity contribution in [2.45, 2.75) is 225 Å². The Labute approximate surface area is 382 Å². The van der Waals surface area contributed by atoms with Crippen LogP contribution >= 0.6 is 7.82 Å². The number of unbranched alkanes of at least 4 members (excludes halogenated alkanes) is 23. The molecule has 0 fully saturated rings. The summed E-state index contributed by atoms with van der Waals surface area (Å²) < 4.78 is 33.6. The maximum absolute atomic E-state index is 12.6. The van der Waals surface area contributed by atoms with Gasteiger partial charge in [0.15, 0.2) is 0 Å². The molecule has 0 spiro atoms. The molecule has 2 unspecified atom stereocenters. The van der Waals surface area contributed by atoms with E-state index in [-0.39, 0.29) is 32.3 Å². The molecule has 0 aromatic rings. The number of carbonyl (C=O) groups excluding carboxylic acids is 1. The highest BCUT2D eigenvalue weighted by Crippen LogP contribution is 2.43. The SMILES string of the molecule is CC/C=C\C/C=C\C/C=C\C/C=C\C/C=C\CCCCCCCCCCCCOCC(COP(=O)(O)OCCN)OC(=O)CCCCCCCCC/C=C\CCCCCCCC. The summed E-state index contributed by atoms with van der Waals surface area (Å²) in [5.41, 5.74) is 5.39. The maximum atomic E-state index is 12.6. The van der Waals surface area contributed by atoms with Crippen LogP contribution in [0.1, 0.15) is 219 Å². The number of hydrogen-bond acceptors (Lipinski definition) is 7. The highest BCUT2D eigenvalue weighted by molar-refractivity contribution is 7.47. The molecule has 62 heavy (non-hydrogen) atoms. The zero-order valence-corrected chi connectivity index (χ0v) is 41.0. The number of phosphoric ester groups is 1. The molecule has 0 radical (unpaired) electrons. The van der Waals surface area contributed by atoms with Gasteiger partial charge >= 0.3 is 13.8 Å². The lowest BCUT2D eigenvalue weighted by atomic mass is 10.1. The van der Waals surface area contributed by atoms with Crippen molar-refractivity contribution in [3.05, 3.63) is 72.9 Å². The third kappa shape index (κ3) is 49.0. The number of allylic oxidation sites excluding steroid dienone is 12. The molecule has 8 nitrogen and oxygen atoms in total. The van der Waals surface area contributed by atoms with E-state index in [1.54, 1.807) is 0 Å². The van der Waals surface area contributed by atoms with Crippen LogP contribution in [0.15, 0.2) is 72.9 Å². The minimum absolute atomic E-state index is 0.0963. The van der Waals surface area contributed by atoms with Gasteiger partial charge in [-0.1, -0.05) is 202 Å². The fourth-order valence-corrected chi connectivity index (χ4v) is 7.67. The van der Waals surface area contributed by atoms with Crippen LogP contribution in [0.4, 0.5) is 0 Å². The Morgan fingerprint density at radius 1 is 0.500 bits per heavy atom. The Morgan fingerprint density at radius 2 is 0.903 bits per heavy atom. The molecule has 0 aromatic heterocycles. The van der Waals surface area contributed by atoms with Crippen LogP contribution < -0.4 is 5.73 Å². The quantitative estimate of drug-likeness (QED) is 0.0268. The van der Waals surface area contributed by atoms with Gasteiger partial charge < -0.3 is 20.1 Å². The minimum Gasteiger partial charge on any atom is -0.457 e. The normalized spacial score (nSPS) is 13.9. The van der Waals surface area contributed by atoms with Gasteiger partial charge in [-0.2, -0.15) is 0 Å². The van der Waals surface area contributed by atoms with Gasteiger partial charge in [-0.3, -0.25) is 13.8 Å². The van der Waals surface area contributed by atoms with Gasteiger partial charge in [0.25, 0.3) is 0 Å². The molecule has 0 aliphatic rings. The fourth-order valence-electron chi connectivity index (χ4n) is 6.90. The van der Waals surface area contributed by atoms with Gasteiger partial charge in [-0.15, -0.1) is 0 Å². The van der Waals surface area contributed by atoms with Crippen molar-refractivity contribution in [3.8, 4) is 0 Å². The predicted octanol–water partition coefficient (Wildman–Crippen LogP) is 15.9. The molecule has 9 heteroatoms. The third-order valence-electron chi connectivity index (χ3n) is 10.6. The first kappa shape index (κ1) is 59.9. The number of hydrogen-bond donors (Lipinski definition) is 2. The number of nitrogens with two attached hydrogens (primary N) is 1. The Bertz CT molecular complexity index is 1180. The number of phosphoric acid groups is 1. The maximum Gasteiger partial charge on any atom is 0.472 e. The van der Waals surface area contributed by atoms with E-state index in [0.717, 1.165) is 64.2 Å². The van der Waals surface area contributed by atoms with Crippen molar-refractivity contribution >= 4 is 13.8 Å². The van der Waals surface area contributed by atoms with Crippen LogP contribution in [0, 0.1) is 0 Å². The lowest BCUT2D eigenvalue weighted by molar-refractivity contribution is -0.154. The molecular weight excluding hydrogens is 794 g/mol. The summed E-state index contributed by atoms with van der Waals surface area (Å²) in [6.45, 7) is 4.80. The van der Waals surface area contributed by atoms with E-state index in [2.05, 4.69) is 86.8 Å². The molecule has 360 valence electrons. The molecule has 0 heterocycles. The van der Waals surface area contributed by atoms with Crippen LogP contribution in [0.25, 0.3) is 0 Å². The average molecular weight is 890 g/mol. The van der Waals surface area contributed by atoms with Gasteiger partial charge in [-0.05, 0) is 83.5 Å². The Balaban J connectivity index is 3.95. The second-order valence-electron chi connectivity index (χ2n) is 16.6. The Kier molecular flexibility index (Phi) is 48.3. The number of esters is 1. The first-order valence-corrected chi connectivity index (χ1v) is 26.9. The Morgan fingerprint density at radius 3 is 1.37 bits per heavy atom. The topological polar surface area (TPSA) is 117 Å². The molecule has 2 atom stereocenters. The van der Waals surface area contributed by atoms with E-state index in [9.17, 15) is 14.3 Å². The molecule has 0 aliphatic heterocycles. The van der Waals surface area contributed by atoms with E-state index in [1.807, 2.05) is 0 Å². The lowest BCUT2D eigenvalue weighted by Crippen LogP contribution is -2.28. The summed E-state index contributed by atoms with van der Waals surface area (Å²) in [4.78, 5) is 22.6. The number of rotatable bonds is 48. The molecule has 0 aliphatic carbocycles. The van der Waals surface area contributed by atoms with Crippen LogP contribution in [-0.2, 0) is 27.9 Å². The van der Waals surface area contributed by atoms with E-state index < -0.39 is 13.9 Å². The van der Waals surface area contributed by atoms with Crippen molar-refractivity contribution in [3.63, 3.8) is 0 Å². The summed E-state index contributed by atoms with van der Waals surface area (Å²) >= 11 is 0. The third-order valence-corrected chi connectivity index (χ3v) is 11.6. The molecule has 0 aromatic carbocycles. The number of ether oxygens (including phenoxy) is 2. The van der Waals surface area contributed by atoms with E-state index in [4.69, 9.17) is 24.3 Å². The van der Waals surface area contributed by atoms with Crippen molar-refractivity contribution < 1.29 is 32.8 Å². The first-order valence-electron chi connectivity index (χ1n) is 25.4. The smallest absolute Gasteiger partial charge is 0.457 e. The minimum atomic E-state index is -4.29. The largest absolute Gasteiger partial charge is 0.472 e. The second-order valence-corrected chi connectivity index (χ2v) is 18.1. The summed E-state index contributed by atoms with van der Waals surface area (Å²) in [6, 6.07) is 0. The zero-order chi connectivity index (χ0) is 45.1. The van der Waals surface area contributed by atoms with E-state index in [1.165, 1.54) is 135 Å². The second kappa shape index (κ2) is 49.9. The molecule has 0 saturated heterocycles. The van der Waals surface area contributed by atoms with Crippen LogP contribution in [0.5, 0.6) is 0 Å². The fraction of sp³-hybridized carbons (Fsp3) is 0.755. The van der Waals surface area contributed by atoms with Gasteiger partial charge in [0.2, 0.25) is 0 Å². The average Bonchev–Trinajstić information content (AvgIpc) is 3.26. The Hall–Kier alpha value is -2.06. The molecule has 3 N–H and O–H groups in total. The van der Waals surface area contributed by atoms with Crippen molar-refractivity contribution in [1.82, 2.24) is 0 Å². The number of carbonyl (C=O) groups is 1. The zero-order valence-electron chi connectivity index (χ0n) is 40.1. The highest BCUT2D eigenvalue weighted by atomic mass is 31.2. The van der Waals surface area contributed by atoms with Crippen molar-refractivity contribution in [2.24, 2.45) is 5.73 Å². The molecule has 0 saturated carbocycles. The molecule has 0 amide bonds. The van der Waals surface area contributed by atoms with Crippen LogP contribution in [0.2, 0.25) is 0 Å². The van der Waals surface area contributed by atoms with E-state index in [0.29, 0.717) is 13.0 Å². The lowest BCUT2D eigenvalue weighted by Gasteiger charge is -2.20. The first-order chi connectivity index (χ1) is 30.4. The predicted molar refractivity (Wildman–Crippen MR) is 265 cm³/mol. The molecular formula is C53H96NO7P. The summed E-state index contributed by atoms with van der Waals surface area (Å²) in [5, 5.41) is 0. The monoisotopic (exact) mass is 890 g/mol.